The van der Waals surface area contributed by atoms with Gasteiger partial charge in [-0.15, -0.1) is 0 Å². The Kier molecular flexibility index (Phi) is 49.0. The maximum Gasteiger partial charge on any atom is 0.135 e. The van der Waals surface area contributed by atoms with E-state index in [1.165, 1.54) is 289 Å². The fourth-order valence-electron chi connectivity index (χ4n) is 8.74. The van der Waals surface area contributed by atoms with Gasteiger partial charge in [0.1, 0.15) is 5.78 Å². The standard InChI is InChI=1S/C54H106O/c1-4-7-10-13-16-19-22-25-28-31-33-36-39-42-45-48-51-53(50-47-44-41-38-35-32-29-26-23-20-17-14-11-8-5-2)54(55)52-49-46-43-40-37-34-30-27-24-21-18-15-12-9-6-3/h27,30,53H,4-26,28-29,31-52H2,1-3H3/b30-27-. The summed E-state index contributed by atoms with van der Waals surface area (Å²) in [5.41, 5.74) is 0. The van der Waals surface area contributed by atoms with Crippen LogP contribution in [0.15, 0.2) is 12.2 Å². The molecule has 0 radical (unpaired) electrons. The summed E-state index contributed by atoms with van der Waals surface area (Å²) in [6, 6.07) is 0. The molecule has 0 saturated carbocycles. The van der Waals surface area contributed by atoms with Gasteiger partial charge in [-0.2, -0.15) is 0 Å². The van der Waals surface area contributed by atoms with Crippen molar-refractivity contribution in [2.75, 3.05) is 0 Å². The van der Waals surface area contributed by atoms with E-state index in [1.54, 1.807) is 0 Å². The third-order valence-corrected chi connectivity index (χ3v) is 12.7. The van der Waals surface area contributed by atoms with Gasteiger partial charge >= 0.3 is 0 Å². The molecule has 55 heavy (non-hydrogen) atoms. The van der Waals surface area contributed by atoms with Crippen LogP contribution in [0, 0.1) is 5.92 Å². The van der Waals surface area contributed by atoms with Gasteiger partial charge in [0, 0.05) is 12.3 Å². The Bertz CT molecular complexity index is 723. The number of ketones is 1. The third kappa shape index (κ3) is 46.0. The molecule has 0 aromatic heterocycles. The van der Waals surface area contributed by atoms with E-state index >= 15 is 0 Å². The largest absolute Gasteiger partial charge is 0.299 e. The zero-order chi connectivity index (χ0) is 39.8. The molecule has 1 heteroatoms. The van der Waals surface area contributed by atoms with E-state index in [0.29, 0.717) is 11.7 Å². The van der Waals surface area contributed by atoms with Crippen LogP contribution in [-0.2, 0) is 4.79 Å². The molecule has 0 aliphatic rings. The number of hydrogen-bond donors (Lipinski definition) is 0. The Hall–Kier alpha value is -0.590. The zero-order valence-corrected chi connectivity index (χ0v) is 38.9. The molecule has 328 valence electrons. The fourth-order valence-corrected chi connectivity index (χ4v) is 8.74. The first-order valence-corrected chi connectivity index (χ1v) is 26.4. The zero-order valence-electron chi connectivity index (χ0n) is 38.9. The number of rotatable bonds is 49. The minimum Gasteiger partial charge on any atom is -0.299 e. The molecule has 0 aromatic rings. The van der Waals surface area contributed by atoms with Crippen LogP contribution >= 0.6 is 0 Å². The predicted molar refractivity (Wildman–Crippen MR) is 252 cm³/mol. The van der Waals surface area contributed by atoms with Crippen molar-refractivity contribution < 1.29 is 4.79 Å². The molecule has 0 saturated heterocycles. The van der Waals surface area contributed by atoms with Gasteiger partial charge in [-0.3, -0.25) is 4.79 Å². The minimum absolute atomic E-state index is 0.352. The number of unbranched alkanes of at least 4 members (excludes halogenated alkanes) is 40. The Morgan fingerprint density at radius 3 is 0.782 bits per heavy atom. The molecule has 0 aromatic carbocycles. The molecular formula is C54H106O. The molecule has 0 aliphatic carbocycles. The molecule has 0 spiro atoms. The Morgan fingerprint density at radius 1 is 0.291 bits per heavy atom. The Morgan fingerprint density at radius 2 is 0.509 bits per heavy atom. The molecule has 0 N–H and O–H groups in total. The Balaban J connectivity index is 4.11. The number of carbonyl (C=O) groups excluding carboxylic acids is 1. The van der Waals surface area contributed by atoms with Crippen molar-refractivity contribution in [1.29, 1.82) is 0 Å². The van der Waals surface area contributed by atoms with Gasteiger partial charge in [-0.25, -0.2) is 0 Å². The summed E-state index contributed by atoms with van der Waals surface area (Å²) < 4.78 is 0. The van der Waals surface area contributed by atoms with Crippen LogP contribution in [0.1, 0.15) is 323 Å². The quantitative estimate of drug-likeness (QED) is 0.0445. The lowest BCUT2D eigenvalue weighted by Gasteiger charge is -2.16. The highest BCUT2D eigenvalue weighted by Crippen LogP contribution is 2.23. The second kappa shape index (κ2) is 49.6. The smallest absolute Gasteiger partial charge is 0.135 e. The summed E-state index contributed by atoms with van der Waals surface area (Å²) in [6.45, 7) is 6.91. The van der Waals surface area contributed by atoms with E-state index in [-0.39, 0.29) is 0 Å². The Labute approximate surface area is 350 Å². The molecule has 1 unspecified atom stereocenters. The molecular weight excluding hydrogens is 665 g/mol. The van der Waals surface area contributed by atoms with Crippen LogP contribution in [0.25, 0.3) is 0 Å². The fraction of sp³-hybridized carbons (Fsp3) is 0.944. The molecule has 0 aliphatic heterocycles. The van der Waals surface area contributed by atoms with E-state index in [1.807, 2.05) is 0 Å². The number of Topliss-reactive ketones (excluding diaryl/α,β-unsaturated/α-hetero) is 1. The maximum absolute atomic E-state index is 13.4. The van der Waals surface area contributed by atoms with Crippen molar-refractivity contribution >= 4 is 5.78 Å². The van der Waals surface area contributed by atoms with Crippen LogP contribution in [-0.4, -0.2) is 5.78 Å². The van der Waals surface area contributed by atoms with Gasteiger partial charge in [0.25, 0.3) is 0 Å². The monoisotopic (exact) mass is 771 g/mol. The maximum atomic E-state index is 13.4. The summed E-state index contributed by atoms with van der Waals surface area (Å²) in [5, 5.41) is 0. The lowest BCUT2D eigenvalue weighted by molar-refractivity contribution is -0.123. The van der Waals surface area contributed by atoms with Crippen LogP contribution in [0.5, 0.6) is 0 Å². The summed E-state index contributed by atoms with van der Waals surface area (Å²) >= 11 is 0. The number of allylic oxidation sites excluding steroid dienone is 2. The summed E-state index contributed by atoms with van der Waals surface area (Å²) in [6.07, 6.45) is 69.2. The van der Waals surface area contributed by atoms with Gasteiger partial charge in [0.05, 0.1) is 0 Å². The van der Waals surface area contributed by atoms with Crippen LogP contribution in [0.2, 0.25) is 0 Å². The summed E-state index contributed by atoms with van der Waals surface area (Å²) in [4.78, 5) is 13.4. The molecule has 0 heterocycles. The lowest BCUT2D eigenvalue weighted by Crippen LogP contribution is -2.14. The van der Waals surface area contributed by atoms with Crippen molar-refractivity contribution in [2.24, 2.45) is 5.92 Å². The van der Waals surface area contributed by atoms with Crippen LogP contribution in [0.4, 0.5) is 0 Å². The van der Waals surface area contributed by atoms with Gasteiger partial charge < -0.3 is 0 Å². The first-order chi connectivity index (χ1) is 27.3. The van der Waals surface area contributed by atoms with E-state index in [4.69, 9.17) is 0 Å². The van der Waals surface area contributed by atoms with E-state index in [2.05, 4.69) is 32.9 Å². The van der Waals surface area contributed by atoms with Gasteiger partial charge in [-0.1, -0.05) is 283 Å². The van der Waals surface area contributed by atoms with Crippen molar-refractivity contribution in [1.82, 2.24) is 0 Å². The topological polar surface area (TPSA) is 17.1 Å². The molecule has 0 rings (SSSR count). The van der Waals surface area contributed by atoms with Crippen molar-refractivity contribution in [3.63, 3.8) is 0 Å². The molecule has 0 amide bonds. The van der Waals surface area contributed by atoms with E-state index < -0.39 is 0 Å². The highest BCUT2D eigenvalue weighted by atomic mass is 16.1. The van der Waals surface area contributed by atoms with Crippen LogP contribution < -0.4 is 0 Å². The highest BCUT2D eigenvalue weighted by Gasteiger charge is 2.17. The van der Waals surface area contributed by atoms with Gasteiger partial charge in [0.15, 0.2) is 0 Å². The SMILES string of the molecule is CCCCCCCC/C=C\CCCCCCCC(=O)C(CCCCCCCCCCCCCCCCC)CCCCCCCCCCCCCCCCCC. The normalized spacial score (nSPS) is 12.3. The average Bonchev–Trinajstić information content (AvgIpc) is 3.19. The first kappa shape index (κ1) is 54.4. The van der Waals surface area contributed by atoms with Crippen molar-refractivity contribution in [3.05, 3.63) is 12.2 Å². The van der Waals surface area contributed by atoms with Crippen LogP contribution in [0.3, 0.4) is 0 Å². The van der Waals surface area contributed by atoms with Crippen molar-refractivity contribution in [2.45, 2.75) is 323 Å². The number of carbonyl (C=O) groups is 1. The van der Waals surface area contributed by atoms with Crippen molar-refractivity contribution in [3.8, 4) is 0 Å². The summed E-state index contributed by atoms with van der Waals surface area (Å²) in [5.74, 6) is 0.967. The lowest BCUT2D eigenvalue weighted by atomic mass is 9.88. The summed E-state index contributed by atoms with van der Waals surface area (Å²) in [7, 11) is 0. The van der Waals surface area contributed by atoms with Gasteiger partial charge in [-0.05, 0) is 44.9 Å². The first-order valence-electron chi connectivity index (χ1n) is 26.4. The molecule has 0 bridgehead atoms. The molecule has 0 fully saturated rings. The second-order valence-corrected chi connectivity index (χ2v) is 18.3. The third-order valence-electron chi connectivity index (χ3n) is 12.7. The number of hydrogen-bond acceptors (Lipinski definition) is 1. The highest BCUT2D eigenvalue weighted by molar-refractivity contribution is 5.80. The van der Waals surface area contributed by atoms with Gasteiger partial charge in [0.2, 0.25) is 0 Å². The molecule has 1 nitrogen and oxygen atoms in total. The predicted octanol–water partition coefficient (Wildman–Crippen LogP) is 20.1. The second-order valence-electron chi connectivity index (χ2n) is 18.3. The molecule has 1 atom stereocenters. The minimum atomic E-state index is 0.352. The van der Waals surface area contributed by atoms with E-state index in [9.17, 15) is 4.79 Å². The average molecular weight is 771 g/mol. The van der Waals surface area contributed by atoms with E-state index in [0.717, 1.165) is 12.8 Å².